The lowest BCUT2D eigenvalue weighted by Gasteiger charge is -2.36. The van der Waals surface area contributed by atoms with Crippen LogP contribution in [0, 0.1) is 0 Å². The highest BCUT2D eigenvalue weighted by Crippen LogP contribution is 2.24. The van der Waals surface area contributed by atoms with E-state index in [1.54, 1.807) is 0 Å². The smallest absolute Gasteiger partial charge is 0.137 e. The minimum Gasteiger partial charge on any atom is -0.317 e. The first-order valence-electron chi connectivity index (χ1n) is 7.31. The Morgan fingerprint density at radius 1 is 1.21 bits per heavy atom. The highest BCUT2D eigenvalue weighted by Gasteiger charge is 2.27. The number of piperidine rings is 1. The van der Waals surface area contributed by atoms with Crippen LogP contribution in [0.4, 0.5) is 0 Å². The highest BCUT2D eigenvalue weighted by atomic mass is 15.2. The van der Waals surface area contributed by atoms with Crippen LogP contribution in [0.15, 0.2) is 24.4 Å². The third-order valence-electron chi connectivity index (χ3n) is 4.53. The zero-order valence-electron chi connectivity index (χ0n) is 11.2. The van der Waals surface area contributed by atoms with Crippen molar-refractivity contribution < 1.29 is 0 Å². The first-order valence-corrected chi connectivity index (χ1v) is 7.31. The maximum Gasteiger partial charge on any atom is 0.137 e. The normalized spacial score (nSPS) is 21.7. The summed E-state index contributed by atoms with van der Waals surface area (Å²) in [7, 11) is 0. The molecule has 1 saturated heterocycles. The monoisotopic (exact) mass is 256 g/mol. The Hall–Kier alpha value is -1.39. The lowest BCUT2D eigenvalue weighted by Crippen LogP contribution is -2.45. The van der Waals surface area contributed by atoms with Gasteiger partial charge in [0.2, 0.25) is 0 Å². The largest absolute Gasteiger partial charge is 0.317 e. The maximum atomic E-state index is 4.76. The molecule has 0 saturated carbocycles. The molecule has 0 unspecified atom stereocenters. The first kappa shape index (κ1) is 11.4. The van der Waals surface area contributed by atoms with Crippen molar-refractivity contribution in [1.82, 2.24) is 19.6 Å². The first-order chi connectivity index (χ1) is 9.42. The van der Waals surface area contributed by atoms with E-state index in [1.807, 2.05) is 0 Å². The third kappa shape index (κ3) is 1.95. The van der Waals surface area contributed by atoms with Crippen molar-refractivity contribution in [2.24, 2.45) is 0 Å². The van der Waals surface area contributed by atoms with E-state index in [1.165, 1.54) is 43.9 Å². The molecule has 0 aliphatic carbocycles. The molecule has 0 aromatic carbocycles. The molecule has 0 radical (unpaired) electrons. The number of nitrogens with zero attached hydrogens (tertiary/aromatic N) is 3. The summed E-state index contributed by atoms with van der Waals surface area (Å²) >= 11 is 0. The molecular weight excluding hydrogens is 236 g/mol. The molecule has 0 amide bonds. The van der Waals surface area contributed by atoms with Gasteiger partial charge in [-0.25, -0.2) is 4.98 Å². The Morgan fingerprint density at radius 3 is 3.00 bits per heavy atom. The van der Waals surface area contributed by atoms with E-state index >= 15 is 0 Å². The summed E-state index contributed by atoms with van der Waals surface area (Å²) in [5, 5.41) is 3.45. The number of rotatable bonds is 1. The number of hydrogen-bond acceptors (Lipinski definition) is 3. The van der Waals surface area contributed by atoms with Gasteiger partial charge in [-0.1, -0.05) is 6.07 Å². The molecule has 4 heteroatoms. The van der Waals surface area contributed by atoms with Gasteiger partial charge in [0, 0.05) is 31.7 Å². The number of imidazole rings is 1. The van der Waals surface area contributed by atoms with Crippen LogP contribution >= 0.6 is 0 Å². The number of hydrogen-bond donors (Lipinski definition) is 1. The fraction of sp³-hybridized carbons (Fsp3) is 0.533. The van der Waals surface area contributed by atoms with Gasteiger partial charge in [0.05, 0.1) is 11.4 Å². The Bertz CT molecular complexity index is 583. The fourth-order valence-electron chi connectivity index (χ4n) is 3.47. The van der Waals surface area contributed by atoms with Gasteiger partial charge in [0.1, 0.15) is 5.65 Å². The van der Waals surface area contributed by atoms with Gasteiger partial charge >= 0.3 is 0 Å². The van der Waals surface area contributed by atoms with Gasteiger partial charge < -0.3 is 9.72 Å². The average Bonchev–Trinajstić information content (AvgIpc) is 2.86. The van der Waals surface area contributed by atoms with Gasteiger partial charge in [-0.05, 0) is 38.1 Å². The highest BCUT2D eigenvalue weighted by molar-refractivity contribution is 5.43. The van der Waals surface area contributed by atoms with Crippen LogP contribution in [-0.2, 0) is 13.0 Å². The molecule has 0 atom stereocenters. The van der Waals surface area contributed by atoms with E-state index in [4.69, 9.17) is 4.98 Å². The molecule has 2 aromatic rings. The van der Waals surface area contributed by atoms with Crippen LogP contribution in [0.5, 0.6) is 0 Å². The summed E-state index contributed by atoms with van der Waals surface area (Å²) in [6.45, 7) is 4.56. The fourth-order valence-corrected chi connectivity index (χ4v) is 3.47. The number of nitrogens with one attached hydrogen (secondary N) is 1. The number of pyridine rings is 1. The second-order valence-corrected chi connectivity index (χ2v) is 5.64. The van der Waals surface area contributed by atoms with Crippen molar-refractivity contribution in [3.8, 4) is 0 Å². The molecule has 1 fully saturated rings. The van der Waals surface area contributed by atoms with Crippen molar-refractivity contribution in [3.63, 3.8) is 0 Å². The summed E-state index contributed by atoms with van der Waals surface area (Å²) in [4.78, 5) is 7.41. The second kappa shape index (κ2) is 4.62. The van der Waals surface area contributed by atoms with Crippen molar-refractivity contribution in [2.45, 2.75) is 31.8 Å². The summed E-state index contributed by atoms with van der Waals surface area (Å²) < 4.78 is 2.27. The van der Waals surface area contributed by atoms with Crippen molar-refractivity contribution in [3.05, 3.63) is 35.8 Å². The molecule has 2 aliphatic rings. The van der Waals surface area contributed by atoms with E-state index in [0.29, 0.717) is 0 Å². The predicted octanol–water partition coefficient (Wildman–Crippen LogP) is 1.44. The third-order valence-corrected chi connectivity index (χ3v) is 4.53. The minimum absolute atomic E-state index is 0.753. The number of aromatic nitrogens is 2. The summed E-state index contributed by atoms with van der Waals surface area (Å²) in [6.07, 6.45) is 5.81. The summed E-state index contributed by atoms with van der Waals surface area (Å²) in [6, 6.07) is 7.02. The van der Waals surface area contributed by atoms with E-state index in [0.717, 1.165) is 24.7 Å². The molecule has 2 aromatic heterocycles. The van der Waals surface area contributed by atoms with Gasteiger partial charge in [-0.2, -0.15) is 0 Å². The zero-order valence-corrected chi connectivity index (χ0v) is 11.2. The Kier molecular flexibility index (Phi) is 2.78. The summed E-state index contributed by atoms with van der Waals surface area (Å²) in [5.74, 6) is 0. The van der Waals surface area contributed by atoms with E-state index in [2.05, 4.69) is 39.0 Å². The quantitative estimate of drug-likeness (QED) is 0.838. The molecule has 100 valence electrons. The topological polar surface area (TPSA) is 32.6 Å². The second-order valence-electron chi connectivity index (χ2n) is 5.64. The van der Waals surface area contributed by atoms with Crippen LogP contribution < -0.4 is 5.32 Å². The van der Waals surface area contributed by atoms with Gasteiger partial charge in [0.15, 0.2) is 0 Å². The van der Waals surface area contributed by atoms with Gasteiger partial charge in [-0.3, -0.25) is 4.90 Å². The Morgan fingerprint density at radius 2 is 2.11 bits per heavy atom. The molecule has 2 aliphatic heterocycles. The van der Waals surface area contributed by atoms with Crippen LogP contribution in [-0.4, -0.2) is 40.0 Å². The van der Waals surface area contributed by atoms with Crippen molar-refractivity contribution in [2.75, 3.05) is 19.6 Å². The van der Waals surface area contributed by atoms with Gasteiger partial charge in [0.25, 0.3) is 0 Å². The average molecular weight is 256 g/mol. The molecule has 4 nitrogen and oxygen atoms in total. The molecule has 0 bridgehead atoms. The van der Waals surface area contributed by atoms with Crippen molar-refractivity contribution in [1.29, 1.82) is 0 Å². The van der Waals surface area contributed by atoms with Crippen molar-refractivity contribution >= 4 is 5.65 Å². The van der Waals surface area contributed by atoms with Crippen LogP contribution in [0.3, 0.4) is 0 Å². The minimum atomic E-state index is 0.753. The van der Waals surface area contributed by atoms with Crippen LogP contribution in [0.1, 0.15) is 24.2 Å². The van der Waals surface area contributed by atoms with Crippen LogP contribution in [0.25, 0.3) is 5.65 Å². The van der Waals surface area contributed by atoms with E-state index in [9.17, 15) is 0 Å². The Labute approximate surface area is 113 Å². The maximum absolute atomic E-state index is 4.76. The number of fused-ring (bicyclic) bond motifs is 3. The van der Waals surface area contributed by atoms with Gasteiger partial charge in [-0.15, -0.1) is 0 Å². The zero-order chi connectivity index (χ0) is 12.7. The summed E-state index contributed by atoms with van der Waals surface area (Å²) in [5.41, 5.74) is 3.80. The van der Waals surface area contributed by atoms with Crippen LogP contribution in [0.2, 0.25) is 0 Å². The lowest BCUT2D eigenvalue weighted by molar-refractivity contribution is 0.144. The molecule has 4 rings (SSSR count). The van der Waals surface area contributed by atoms with E-state index in [-0.39, 0.29) is 0 Å². The molecule has 4 heterocycles. The van der Waals surface area contributed by atoms with E-state index < -0.39 is 0 Å². The molecule has 1 N–H and O–H groups in total. The SMILES string of the molecule is c1ccn2c3c(nc2c1)CCN(C1CCNCC1)C3. The Balaban J connectivity index is 1.65. The molecule has 0 spiro atoms. The molecular formula is C15H20N4. The molecule has 19 heavy (non-hydrogen) atoms. The lowest BCUT2D eigenvalue weighted by atomic mass is 10.0. The standard InChI is InChI=1S/C15H20N4/c1-2-9-19-14-11-18(12-4-7-16-8-5-12)10-6-13(14)17-15(19)3-1/h1-3,9,12,16H,4-8,10-11H2. The predicted molar refractivity (Wildman–Crippen MR) is 75.2 cm³/mol.